The summed E-state index contributed by atoms with van der Waals surface area (Å²) in [4.78, 5) is 0. The van der Waals surface area contributed by atoms with Crippen LogP contribution >= 0.6 is 0 Å². The van der Waals surface area contributed by atoms with Crippen LogP contribution in [0.4, 0.5) is 0 Å². The smallest absolute Gasteiger partial charge is 0.201 e. The van der Waals surface area contributed by atoms with Crippen LogP contribution in [0.5, 0.6) is 0 Å². The predicted molar refractivity (Wildman–Crippen MR) is 152 cm³/mol. The molecule has 1 aromatic heterocycles. The molecule has 1 aliphatic rings. The lowest BCUT2D eigenvalue weighted by atomic mass is 9.93. The SMILES string of the molecule is [2H]C([2H])([2H])c1c[n+](C)c(-c2ccccc2C)cc1-c1ccc2cc(-c3ccc(C4([2H])CCCC4)cc3)ccc2c1. The van der Waals surface area contributed by atoms with Crippen LogP contribution in [0.3, 0.4) is 0 Å². The van der Waals surface area contributed by atoms with Crippen molar-refractivity contribution in [3.05, 3.63) is 114 Å². The summed E-state index contributed by atoms with van der Waals surface area (Å²) in [5.41, 5.74) is 8.57. The van der Waals surface area contributed by atoms with E-state index in [1.807, 2.05) is 35.9 Å². The van der Waals surface area contributed by atoms with Gasteiger partial charge >= 0.3 is 0 Å². The molecule has 1 saturated carbocycles. The molecule has 0 aliphatic heterocycles. The summed E-state index contributed by atoms with van der Waals surface area (Å²) < 4.78 is 35.5. The molecule has 1 nitrogen and oxygen atoms in total. The summed E-state index contributed by atoms with van der Waals surface area (Å²) >= 11 is 0. The highest BCUT2D eigenvalue weighted by Gasteiger charge is 2.18. The van der Waals surface area contributed by atoms with Crippen LogP contribution in [0.25, 0.3) is 44.3 Å². The molecule has 178 valence electrons. The van der Waals surface area contributed by atoms with Crippen molar-refractivity contribution >= 4 is 10.8 Å². The molecule has 4 aromatic carbocycles. The zero-order chi connectivity index (χ0) is 28.1. The van der Waals surface area contributed by atoms with Gasteiger partial charge in [0.1, 0.15) is 7.05 Å². The van der Waals surface area contributed by atoms with Gasteiger partial charge in [0, 0.05) is 22.7 Å². The van der Waals surface area contributed by atoms with Crippen LogP contribution < -0.4 is 4.57 Å². The molecule has 0 unspecified atom stereocenters. The van der Waals surface area contributed by atoms with Crippen LogP contribution in [-0.4, -0.2) is 0 Å². The summed E-state index contributed by atoms with van der Waals surface area (Å²) in [6.07, 6.45) is 5.93. The molecule has 0 atom stereocenters. The van der Waals surface area contributed by atoms with Crippen LogP contribution in [0.1, 0.15) is 53.8 Å². The van der Waals surface area contributed by atoms with E-state index in [1.54, 1.807) is 6.20 Å². The third kappa shape index (κ3) is 4.24. The lowest BCUT2D eigenvalue weighted by Crippen LogP contribution is -2.31. The molecule has 0 radical (unpaired) electrons. The first-order valence-corrected chi connectivity index (χ1v) is 12.9. The maximum absolute atomic E-state index is 8.80. The molecule has 5 aromatic rings. The van der Waals surface area contributed by atoms with Gasteiger partial charge in [0.05, 0.1) is 0 Å². The minimum atomic E-state index is -2.24. The Balaban J connectivity index is 1.39. The van der Waals surface area contributed by atoms with Gasteiger partial charge in [-0.3, -0.25) is 0 Å². The maximum atomic E-state index is 8.80. The fourth-order valence-electron chi connectivity index (χ4n) is 5.60. The monoisotopic (exact) mass is 472 g/mol. The van der Waals surface area contributed by atoms with Crippen molar-refractivity contribution in [2.45, 2.75) is 45.4 Å². The van der Waals surface area contributed by atoms with E-state index in [1.165, 1.54) is 0 Å². The summed E-state index contributed by atoms with van der Waals surface area (Å²) in [5.74, 6) is -0.431. The topological polar surface area (TPSA) is 3.88 Å². The Labute approximate surface area is 220 Å². The van der Waals surface area contributed by atoms with Crippen molar-refractivity contribution in [2.24, 2.45) is 7.05 Å². The lowest BCUT2D eigenvalue weighted by molar-refractivity contribution is -0.660. The van der Waals surface area contributed by atoms with Gasteiger partial charge in [0.25, 0.3) is 0 Å². The number of rotatable bonds is 4. The van der Waals surface area contributed by atoms with Gasteiger partial charge in [-0.15, -0.1) is 0 Å². The fraction of sp³-hybridized carbons (Fsp3) is 0.229. The number of hydrogen-bond acceptors (Lipinski definition) is 0. The summed E-state index contributed by atoms with van der Waals surface area (Å²) in [6.45, 7) is -0.161. The summed E-state index contributed by atoms with van der Waals surface area (Å²) in [6, 6.07) is 31.4. The first kappa shape index (κ1) is 18.5. The Morgan fingerprint density at radius 3 is 2.11 bits per heavy atom. The van der Waals surface area contributed by atoms with E-state index in [0.29, 0.717) is 5.56 Å². The van der Waals surface area contributed by atoms with E-state index < -0.39 is 12.7 Å². The Morgan fingerprint density at radius 2 is 1.39 bits per heavy atom. The van der Waals surface area contributed by atoms with E-state index >= 15 is 0 Å². The van der Waals surface area contributed by atoms with E-state index in [-0.39, 0.29) is 0 Å². The van der Waals surface area contributed by atoms with E-state index in [2.05, 4.69) is 73.7 Å². The van der Waals surface area contributed by atoms with Gasteiger partial charge in [-0.2, -0.15) is 0 Å². The highest BCUT2D eigenvalue weighted by Crippen LogP contribution is 2.36. The second-order valence-corrected chi connectivity index (χ2v) is 10.1. The third-order valence-corrected chi connectivity index (χ3v) is 7.68. The van der Waals surface area contributed by atoms with E-state index in [9.17, 15) is 0 Å². The van der Waals surface area contributed by atoms with Crippen molar-refractivity contribution in [3.63, 3.8) is 0 Å². The standard InChI is InChI=1S/C35H34N/c1-24-8-4-7-11-33(24)35-22-34(25(2)23-36(35)3)32-19-18-30-20-29(16-17-31(30)21-32)28-14-12-27(13-15-28)26-9-5-6-10-26/h4,7-8,11-23,26H,5-6,9-10H2,1-3H3/q+1/i2D3,26D. The molecule has 0 N–H and O–H groups in total. The molecule has 0 saturated heterocycles. The van der Waals surface area contributed by atoms with Crippen molar-refractivity contribution < 1.29 is 10.1 Å². The molecular formula is C35H34N+. The van der Waals surface area contributed by atoms with Gasteiger partial charge in [-0.25, -0.2) is 4.57 Å². The van der Waals surface area contributed by atoms with Gasteiger partial charge in [0.2, 0.25) is 5.69 Å². The Kier molecular flexibility index (Phi) is 4.84. The summed E-state index contributed by atoms with van der Waals surface area (Å²) in [5, 5.41) is 2.17. The molecular weight excluding hydrogens is 434 g/mol. The number of hydrogen-bond donors (Lipinski definition) is 0. The normalized spacial score (nSPS) is 16.8. The molecule has 1 fully saturated rings. The lowest BCUT2D eigenvalue weighted by Gasteiger charge is -2.12. The van der Waals surface area contributed by atoms with Crippen molar-refractivity contribution in [1.29, 1.82) is 0 Å². The largest absolute Gasteiger partial charge is 0.213 e. The Morgan fingerprint density at radius 1 is 0.722 bits per heavy atom. The molecule has 0 spiro atoms. The second kappa shape index (κ2) is 9.39. The number of pyridine rings is 1. The molecule has 1 aliphatic carbocycles. The van der Waals surface area contributed by atoms with Crippen molar-refractivity contribution in [2.75, 3.05) is 0 Å². The minimum absolute atomic E-state index is 0.345. The minimum Gasteiger partial charge on any atom is -0.201 e. The highest BCUT2D eigenvalue weighted by atomic mass is 14.9. The van der Waals surface area contributed by atoms with Crippen LogP contribution in [-0.2, 0) is 7.05 Å². The number of nitrogens with zero attached hydrogens (tertiary/aromatic N) is 1. The Bertz CT molecular complexity index is 1710. The molecule has 1 heteroatoms. The zero-order valence-corrected chi connectivity index (χ0v) is 21.0. The average molecular weight is 473 g/mol. The zero-order valence-electron chi connectivity index (χ0n) is 25.0. The van der Waals surface area contributed by atoms with Gasteiger partial charge < -0.3 is 0 Å². The number of aryl methyl sites for hydroxylation is 3. The van der Waals surface area contributed by atoms with Gasteiger partial charge in [-0.05, 0) is 94.9 Å². The molecule has 36 heavy (non-hydrogen) atoms. The quantitative estimate of drug-likeness (QED) is 0.230. The first-order valence-electron chi connectivity index (χ1n) is 14.9. The molecule has 0 bridgehead atoms. The number of fused-ring (bicyclic) bond motifs is 1. The highest BCUT2D eigenvalue weighted by molar-refractivity contribution is 5.91. The Hall–Kier alpha value is -3.71. The van der Waals surface area contributed by atoms with Crippen molar-refractivity contribution in [1.82, 2.24) is 0 Å². The van der Waals surface area contributed by atoms with Gasteiger partial charge in [0.15, 0.2) is 6.20 Å². The van der Waals surface area contributed by atoms with Crippen molar-refractivity contribution in [3.8, 4) is 33.5 Å². The molecule has 0 amide bonds. The summed E-state index contributed by atoms with van der Waals surface area (Å²) in [7, 11) is 1.91. The molecule has 6 rings (SSSR count). The second-order valence-electron chi connectivity index (χ2n) is 10.1. The van der Waals surface area contributed by atoms with Gasteiger partial charge in [-0.1, -0.05) is 79.6 Å². The molecule has 1 heterocycles. The van der Waals surface area contributed by atoms with E-state index in [0.717, 1.165) is 81.1 Å². The van der Waals surface area contributed by atoms with E-state index in [4.69, 9.17) is 5.48 Å². The van der Waals surface area contributed by atoms with Crippen LogP contribution in [0, 0.1) is 13.8 Å². The number of aromatic nitrogens is 1. The first-order chi connectivity index (χ1) is 19.1. The third-order valence-electron chi connectivity index (χ3n) is 7.68. The fourth-order valence-corrected chi connectivity index (χ4v) is 5.60. The van der Waals surface area contributed by atoms with Crippen LogP contribution in [0.2, 0.25) is 0 Å². The van der Waals surface area contributed by atoms with Crippen LogP contribution in [0.15, 0.2) is 97.2 Å². The average Bonchev–Trinajstić information content (AvgIpc) is 3.40. The number of benzene rings is 4. The maximum Gasteiger partial charge on any atom is 0.213 e. The predicted octanol–water partition coefficient (Wildman–Crippen LogP) is 8.94.